The average Bonchev–Trinajstić information content (AvgIpc) is 3.23. The molecule has 0 aliphatic heterocycles. The monoisotopic (exact) mass is 823 g/mol. The van der Waals surface area contributed by atoms with Crippen molar-refractivity contribution in [2.24, 2.45) is 0 Å². The number of allylic oxidation sites excluding steroid dienone is 12. The van der Waals surface area contributed by atoms with Crippen molar-refractivity contribution in [3.05, 3.63) is 72.9 Å². The molecule has 0 aromatic carbocycles. The first-order chi connectivity index (χ1) is 29.0. The van der Waals surface area contributed by atoms with Crippen molar-refractivity contribution in [2.45, 2.75) is 232 Å². The van der Waals surface area contributed by atoms with E-state index < -0.39 is 6.10 Å². The second kappa shape index (κ2) is 47.5. The zero-order chi connectivity index (χ0) is 43.0. The summed E-state index contributed by atoms with van der Waals surface area (Å²) in [7, 11) is 0. The van der Waals surface area contributed by atoms with Crippen LogP contribution in [0.15, 0.2) is 72.9 Å². The molecule has 1 atom stereocenters. The summed E-state index contributed by atoms with van der Waals surface area (Å²) in [4.78, 5) is 37.7. The lowest BCUT2D eigenvalue weighted by atomic mass is 10.0. The van der Waals surface area contributed by atoms with Crippen LogP contribution in [0.2, 0.25) is 0 Å². The van der Waals surface area contributed by atoms with Crippen LogP contribution in [0.1, 0.15) is 226 Å². The Morgan fingerprint density at radius 3 is 1.03 bits per heavy atom. The Hall–Kier alpha value is -3.15. The summed E-state index contributed by atoms with van der Waals surface area (Å²) >= 11 is 0. The van der Waals surface area contributed by atoms with Gasteiger partial charge in [0.1, 0.15) is 13.2 Å². The zero-order valence-electron chi connectivity index (χ0n) is 38.5. The first-order valence-electron chi connectivity index (χ1n) is 24.4. The first kappa shape index (κ1) is 55.9. The van der Waals surface area contributed by atoms with Crippen LogP contribution in [-0.4, -0.2) is 37.2 Å². The van der Waals surface area contributed by atoms with Crippen LogP contribution in [-0.2, 0) is 28.6 Å². The van der Waals surface area contributed by atoms with Crippen LogP contribution < -0.4 is 0 Å². The minimum atomic E-state index is -0.800. The van der Waals surface area contributed by atoms with Crippen LogP contribution in [0.5, 0.6) is 0 Å². The van der Waals surface area contributed by atoms with Crippen molar-refractivity contribution in [1.29, 1.82) is 0 Å². The molecule has 0 rings (SSSR count). The Morgan fingerprint density at radius 1 is 0.356 bits per heavy atom. The smallest absolute Gasteiger partial charge is 0.306 e. The average molecular weight is 823 g/mol. The fourth-order valence-electron chi connectivity index (χ4n) is 6.58. The molecule has 0 heterocycles. The molecular weight excluding hydrogens is 733 g/mol. The second-order valence-corrected chi connectivity index (χ2v) is 16.0. The Morgan fingerprint density at radius 2 is 0.661 bits per heavy atom. The molecule has 0 aromatic heterocycles. The molecule has 59 heavy (non-hydrogen) atoms. The lowest BCUT2D eigenvalue weighted by molar-refractivity contribution is -0.166. The molecule has 0 aliphatic carbocycles. The summed E-state index contributed by atoms with van der Waals surface area (Å²) in [6, 6.07) is 0. The van der Waals surface area contributed by atoms with Gasteiger partial charge in [0.15, 0.2) is 6.10 Å². The maximum absolute atomic E-state index is 12.7. The molecule has 0 amide bonds. The molecule has 6 heteroatoms. The van der Waals surface area contributed by atoms with Crippen LogP contribution in [0.3, 0.4) is 0 Å². The Kier molecular flexibility index (Phi) is 45.0. The maximum atomic E-state index is 12.7. The molecule has 0 N–H and O–H groups in total. The van der Waals surface area contributed by atoms with Gasteiger partial charge in [0.05, 0.1) is 0 Å². The highest BCUT2D eigenvalue weighted by Crippen LogP contribution is 2.15. The van der Waals surface area contributed by atoms with Gasteiger partial charge < -0.3 is 14.2 Å². The largest absolute Gasteiger partial charge is 0.462 e. The Balaban J connectivity index is 4.42. The second-order valence-electron chi connectivity index (χ2n) is 16.0. The zero-order valence-corrected chi connectivity index (χ0v) is 38.5. The van der Waals surface area contributed by atoms with Gasteiger partial charge in [-0.15, -0.1) is 0 Å². The molecule has 0 fully saturated rings. The molecule has 1 unspecified atom stereocenters. The summed E-state index contributed by atoms with van der Waals surface area (Å²) in [5.41, 5.74) is 0. The molecule has 0 saturated carbocycles. The standard InChI is InChI=1S/C53H90O6/c1-4-7-10-13-16-19-21-23-25-26-27-28-29-31-32-34-37-40-43-46-52(55)58-49-50(48-57-51(54)45-42-39-36-18-15-12-9-6-3)59-53(56)47-44-41-38-35-33-30-24-22-20-17-14-11-8-5-2/h7,10,16,19,23,25,27-28,31-32,37,40,50H,4-6,8-9,11-15,17-18,20-22,24,26,29-30,33-36,38-39,41-49H2,1-3H3/b10-7-,19-16-,25-23-,28-27-,32-31-,40-37-. The van der Waals surface area contributed by atoms with E-state index in [1.165, 1.54) is 103 Å². The van der Waals surface area contributed by atoms with Crippen molar-refractivity contribution >= 4 is 17.9 Å². The molecule has 0 radical (unpaired) electrons. The first-order valence-corrected chi connectivity index (χ1v) is 24.4. The third kappa shape index (κ3) is 45.8. The van der Waals surface area contributed by atoms with E-state index in [1.54, 1.807) is 0 Å². The number of hydrogen-bond donors (Lipinski definition) is 0. The highest BCUT2D eigenvalue weighted by molar-refractivity contribution is 5.71. The molecule has 0 aliphatic rings. The van der Waals surface area contributed by atoms with Gasteiger partial charge in [0.2, 0.25) is 0 Å². The van der Waals surface area contributed by atoms with E-state index in [4.69, 9.17) is 14.2 Å². The minimum Gasteiger partial charge on any atom is -0.462 e. The van der Waals surface area contributed by atoms with Gasteiger partial charge in [-0.2, -0.15) is 0 Å². The van der Waals surface area contributed by atoms with Gasteiger partial charge in [0, 0.05) is 19.3 Å². The van der Waals surface area contributed by atoms with Gasteiger partial charge in [0.25, 0.3) is 0 Å². The molecule has 0 spiro atoms. The van der Waals surface area contributed by atoms with Gasteiger partial charge in [-0.25, -0.2) is 0 Å². The molecule has 0 saturated heterocycles. The van der Waals surface area contributed by atoms with Crippen molar-refractivity contribution < 1.29 is 28.6 Å². The predicted molar refractivity (Wildman–Crippen MR) is 251 cm³/mol. The van der Waals surface area contributed by atoms with Crippen molar-refractivity contribution in [3.63, 3.8) is 0 Å². The van der Waals surface area contributed by atoms with Crippen LogP contribution >= 0.6 is 0 Å². The van der Waals surface area contributed by atoms with Crippen LogP contribution in [0.25, 0.3) is 0 Å². The predicted octanol–water partition coefficient (Wildman–Crippen LogP) is 15.9. The third-order valence-corrected chi connectivity index (χ3v) is 10.2. The summed E-state index contributed by atoms with van der Waals surface area (Å²) in [6.07, 6.45) is 59.0. The third-order valence-electron chi connectivity index (χ3n) is 10.2. The van der Waals surface area contributed by atoms with E-state index in [1.807, 2.05) is 6.08 Å². The van der Waals surface area contributed by atoms with E-state index in [-0.39, 0.29) is 37.5 Å². The number of carbonyl (C=O) groups excluding carboxylic acids is 3. The Bertz CT molecular complexity index is 1130. The molecule has 0 aromatic rings. The number of esters is 3. The lowest BCUT2D eigenvalue weighted by Gasteiger charge is -2.18. The maximum Gasteiger partial charge on any atom is 0.306 e. The van der Waals surface area contributed by atoms with Gasteiger partial charge in [-0.1, -0.05) is 222 Å². The molecule has 338 valence electrons. The number of ether oxygens (including phenoxy) is 3. The summed E-state index contributed by atoms with van der Waals surface area (Å²) in [5, 5.41) is 0. The van der Waals surface area contributed by atoms with Crippen LogP contribution in [0, 0.1) is 0 Å². The van der Waals surface area contributed by atoms with E-state index >= 15 is 0 Å². The number of unbranched alkanes of at least 4 members (excludes halogenated alkanes) is 20. The molecule has 6 nitrogen and oxygen atoms in total. The lowest BCUT2D eigenvalue weighted by Crippen LogP contribution is -2.30. The minimum absolute atomic E-state index is 0.0965. The highest BCUT2D eigenvalue weighted by Gasteiger charge is 2.19. The van der Waals surface area contributed by atoms with E-state index in [2.05, 4.69) is 87.6 Å². The number of carbonyl (C=O) groups is 3. The van der Waals surface area contributed by atoms with Gasteiger partial charge in [-0.05, 0) is 57.8 Å². The summed E-state index contributed by atoms with van der Waals surface area (Å²) in [5.74, 6) is -0.988. The van der Waals surface area contributed by atoms with Crippen molar-refractivity contribution in [2.75, 3.05) is 13.2 Å². The molecule has 0 bridgehead atoms. The normalized spacial score (nSPS) is 12.7. The molecular formula is C53H90O6. The fraction of sp³-hybridized carbons (Fsp3) is 0.717. The fourth-order valence-corrected chi connectivity index (χ4v) is 6.58. The Labute approximate surface area is 363 Å². The summed E-state index contributed by atoms with van der Waals surface area (Å²) < 4.78 is 16.6. The number of rotatable bonds is 43. The van der Waals surface area contributed by atoms with Gasteiger partial charge in [-0.3, -0.25) is 14.4 Å². The van der Waals surface area contributed by atoms with Crippen molar-refractivity contribution in [1.82, 2.24) is 0 Å². The van der Waals surface area contributed by atoms with Crippen LogP contribution in [0.4, 0.5) is 0 Å². The van der Waals surface area contributed by atoms with E-state index in [0.29, 0.717) is 19.3 Å². The van der Waals surface area contributed by atoms with E-state index in [0.717, 1.165) is 77.0 Å². The SMILES string of the molecule is CC/C=C\C/C=C\C/C=C\C/C=C\C/C=C\C/C=C\CCC(=O)OCC(COC(=O)CCCCCCCCCC)OC(=O)CCCCCCCCCCCCCCCC. The van der Waals surface area contributed by atoms with Gasteiger partial charge >= 0.3 is 17.9 Å². The van der Waals surface area contributed by atoms with Crippen molar-refractivity contribution in [3.8, 4) is 0 Å². The summed E-state index contributed by atoms with van der Waals surface area (Å²) in [6.45, 7) is 6.42. The topological polar surface area (TPSA) is 78.9 Å². The quantitative estimate of drug-likeness (QED) is 0.0264. The highest BCUT2D eigenvalue weighted by atomic mass is 16.6. The van der Waals surface area contributed by atoms with E-state index in [9.17, 15) is 14.4 Å². The number of hydrogen-bond acceptors (Lipinski definition) is 6.